The predicted molar refractivity (Wildman–Crippen MR) is 62.8 cm³/mol. The van der Waals surface area contributed by atoms with E-state index in [1.165, 1.54) is 25.7 Å². The van der Waals surface area contributed by atoms with Crippen molar-refractivity contribution >= 4 is 6.08 Å². The van der Waals surface area contributed by atoms with Crippen molar-refractivity contribution in [2.45, 2.75) is 32.6 Å². The van der Waals surface area contributed by atoms with Crippen LogP contribution in [0.5, 0.6) is 0 Å². The van der Waals surface area contributed by atoms with Gasteiger partial charge in [0.1, 0.15) is 0 Å². The largest absolute Gasteiger partial charge is 0.322 e. The Morgan fingerprint density at radius 2 is 2.07 bits per heavy atom. The molecular weight excluding hydrogens is 186 g/mol. The molecule has 0 aliphatic heterocycles. The first-order valence-electron chi connectivity index (χ1n) is 5.64. The van der Waals surface area contributed by atoms with Gasteiger partial charge < -0.3 is 4.98 Å². The van der Waals surface area contributed by atoms with Gasteiger partial charge in [-0.2, -0.15) is 0 Å². The minimum absolute atomic E-state index is 0.0172. The summed E-state index contributed by atoms with van der Waals surface area (Å²) in [5.74, 6) is 0.717. The Hall–Kier alpha value is -1.31. The van der Waals surface area contributed by atoms with E-state index in [-0.39, 0.29) is 5.56 Å². The van der Waals surface area contributed by atoms with Gasteiger partial charge in [0.15, 0.2) is 0 Å². The molecule has 1 aromatic rings. The van der Waals surface area contributed by atoms with Crippen LogP contribution >= 0.6 is 0 Å². The minimum Gasteiger partial charge on any atom is -0.322 e. The first kappa shape index (κ1) is 10.2. The van der Waals surface area contributed by atoms with Crippen molar-refractivity contribution in [3.8, 4) is 0 Å². The summed E-state index contributed by atoms with van der Waals surface area (Å²) in [7, 11) is 0. The molecular formula is C13H17NO. The molecule has 1 saturated carbocycles. The number of hydrogen-bond donors (Lipinski definition) is 1. The van der Waals surface area contributed by atoms with Gasteiger partial charge in [-0.15, -0.1) is 0 Å². The highest BCUT2D eigenvalue weighted by molar-refractivity contribution is 5.44. The highest BCUT2D eigenvalue weighted by Gasteiger charge is 2.10. The third-order valence-electron chi connectivity index (χ3n) is 3.08. The number of pyridine rings is 1. The summed E-state index contributed by atoms with van der Waals surface area (Å²) in [5.41, 5.74) is 1.70. The number of allylic oxidation sites excluding steroid dienone is 1. The quantitative estimate of drug-likeness (QED) is 0.787. The second-order valence-corrected chi connectivity index (χ2v) is 4.33. The van der Waals surface area contributed by atoms with E-state index in [0.717, 1.165) is 17.2 Å². The number of nitrogens with one attached hydrogen (secondary N) is 1. The monoisotopic (exact) mass is 203 g/mol. The van der Waals surface area contributed by atoms with Gasteiger partial charge in [-0.1, -0.05) is 25.0 Å². The molecule has 0 spiro atoms. The smallest absolute Gasteiger partial charge is 0.251 e. The van der Waals surface area contributed by atoms with E-state index in [1.54, 1.807) is 0 Å². The fourth-order valence-corrected chi connectivity index (χ4v) is 2.05. The lowest BCUT2D eigenvalue weighted by atomic mass is 10.1. The van der Waals surface area contributed by atoms with E-state index < -0.39 is 0 Å². The molecule has 2 heteroatoms. The zero-order valence-electron chi connectivity index (χ0n) is 9.12. The highest BCUT2D eigenvalue weighted by Crippen LogP contribution is 2.26. The van der Waals surface area contributed by atoms with E-state index in [0.29, 0.717) is 0 Å². The number of H-pyrrole nitrogens is 1. The van der Waals surface area contributed by atoms with Crippen LogP contribution < -0.4 is 5.56 Å². The summed E-state index contributed by atoms with van der Waals surface area (Å²) in [4.78, 5) is 14.2. The zero-order valence-corrected chi connectivity index (χ0v) is 9.12. The highest BCUT2D eigenvalue weighted by atomic mass is 16.1. The molecule has 0 radical (unpaired) electrons. The summed E-state index contributed by atoms with van der Waals surface area (Å²) in [6, 6.07) is 3.83. The average Bonchev–Trinajstić information content (AvgIpc) is 2.73. The van der Waals surface area contributed by atoms with Crippen molar-refractivity contribution in [2.75, 3.05) is 0 Å². The zero-order chi connectivity index (χ0) is 10.7. The lowest BCUT2D eigenvalue weighted by molar-refractivity contribution is 0.689. The minimum atomic E-state index is 0.0172. The van der Waals surface area contributed by atoms with E-state index in [1.807, 2.05) is 25.1 Å². The Kier molecular flexibility index (Phi) is 3.05. The molecule has 0 bridgehead atoms. The SMILES string of the molecule is Cc1ccc(/C=C/C2CCCC2)[nH]c1=O. The van der Waals surface area contributed by atoms with Gasteiger partial charge >= 0.3 is 0 Å². The summed E-state index contributed by atoms with van der Waals surface area (Å²) < 4.78 is 0. The molecule has 0 saturated heterocycles. The van der Waals surface area contributed by atoms with Crippen molar-refractivity contribution in [3.63, 3.8) is 0 Å². The molecule has 2 rings (SSSR count). The number of hydrogen-bond acceptors (Lipinski definition) is 1. The van der Waals surface area contributed by atoms with Crippen LogP contribution in [0.15, 0.2) is 23.0 Å². The summed E-state index contributed by atoms with van der Waals surface area (Å²) in [5, 5.41) is 0. The molecule has 0 aromatic carbocycles. The van der Waals surface area contributed by atoms with Crippen molar-refractivity contribution < 1.29 is 0 Å². The third-order valence-corrected chi connectivity index (χ3v) is 3.08. The second-order valence-electron chi connectivity index (χ2n) is 4.33. The molecule has 0 unspecified atom stereocenters. The van der Waals surface area contributed by atoms with Gasteiger partial charge in [0.2, 0.25) is 0 Å². The molecule has 0 amide bonds. The number of aromatic amines is 1. The summed E-state index contributed by atoms with van der Waals surface area (Å²) in [6.45, 7) is 1.82. The summed E-state index contributed by atoms with van der Waals surface area (Å²) >= 11 is 0. The third kappa shape index (κ3) is 2.58. The lowest BCUT2D eigenvalue weighted by Crippen LogP contribution is -2.09. The first-order valence-corrected chi connectivity index (χ1v) is 5.64. The van der Waals surface area contributed by atoms with Gasteiger partial charge in [-0.05, 0) is 37.8 Å². The molecule has 2 nitrogen and oxygen atoms in total. The predicted octanol–water partition coefficient (Wildman–Crippen LogP) is 2.89. The van der Waals surface area contributed by atoms with Crippen molar-refractivity contribution in [2.24, 2.45) is 5.92 Å². The molecule has 80 valence electrons. The molecule has 1 aliphatic carbocycles. The van der Waals surface area contributed by atoms with Crippen LogP contribution in [0.1, 0.15) is 36.9 Å². The van der Waals surface area contributed by atoms with Gasteiger partial charge in [-0.25, -0.2) is 0 Å². The van der Waals surface area contributed by atoms with E-state index in [4.69, 9.17) is 0 Å². The van der Waals surface area contributed by atoms with E-state index in [9.17, 15) is 4.79 Å². The van der Waals surface area contributed by atoms with Gasteiger partial charge in [0.25, 0.3) is 5.56 Å². The van der Waals surface area contributed by atoms with Crippen molar-refractivity contribution in [3.05, 3.63) is 39.8 Å². The van der Waals surface area contributed by atoms with Gasteiger partial charge in [-0.3, -0.25) is 4.79 Å². The van der Waals surface area contributed by atoms with Crippen molar-refractivity contribution in [1.29, 1.82) is 0 Å². The average molecular weight is 203 g/mol. The summed E-state index contributed by atoms with van der Waals surface area (Å²) in [6.07, 6.45) is 9.56. The van der Waals surface area contributed by atoms with Crippen LogP contribution in [0.2, 0.25) is 0 Å². The molecule has 1 fully saturated rings. The van der Waals surface area contributed by atoms with E-state index >= 15 is 0 Å². The maximum absolute atomic E-state index is 11.3. The maximum Gasteiger partial charge on any atom is 0.251 e. The normalized spacial score (nSPS) is 17.7. The standard InChI is InChI=1S/C13H17NO/c1-10-6-8-12(14-13(10)15)9-7-11-4-2-3-5-11/h6-9,11H,2-5H2,1H3,(H,14,15)/b9-7+. The first-order chi connectivity index (χ1) is 7.25. The fourth-order valence-electron chi connectivity index (χ4n) is 2.05. The maximum atomic E-state index is 11.3. The second kappa shape index (κ2) is 4.47. The fraction of sp³-hybridized carbons (Fsp3) is 0.462. The molecule has 15 heavy (non-hydrogen) atoms. The van der Waals surface area contributed by atoms with Crippen molar-refractivity contribution in [1.82, 2.24) is 4.98 Å². The number of rotatable bonds is 2. The van der Waals surface area contributed by atoms with Crippen LogP contribution in [0.25, 0.3) is 6.08 Å². The number of aromatic nitrogens is 1. The van der Waals surface area contributed by atoms with Crippen LogP contribution in [-0.2, 0) is 0 Å². The van der Waals surface area contributed by atoms with Gasteiger partial charge in [0.05, 0.1) is 0 Å². The topological polar surface area (TPSA) is 32.9 Å². The van der Waals surface area contributed by atoms with Gasteiger partial charge in [0, 0.05) is 11.3 Å². The molecule has 1 N–H and O–H groups in total. The van der Waals surface area contributed by atoms with Crippen LogP contribution in [0.4, 0.5) is 0 Å². The Bertz CT molecular complexity index is 411. The van der Waals surface area contributed by atoms with Crippen LogP contribution in [0, 0.1) is 12.8 Å². The Labute approximate surface area is 90.0 Å². The van der Waals surface area contributed by atoms with Crippen LogP contribution in [-0.4, -0.2) is 4.98 Å². The molecule has 0 atom stereocenters. The van der Waals surface area contributed by atoms with E-state index in [2.05, 4.69) is 11.1 Å². The lowest BCUT2D eigenvalue weighted by Gasteiger charge is -2.00. The molecule has 1 heterocycles. The Balaban J connectivity index is 2.09. The Morgan fingerprint density at radius 1 is 1.33 bits per heavy atom. The Morgan fingerprint density at radius 3 is 2.73 bits per heavy atom. The molecule has 1 aliphatic rings. The van der Waals surface area contributed by atoms with Crippen LogP contribution in [0.3, 0.4) is 0 Å². The number of aryl methyl sites for hydroxylation is 1. The molecule has 1 aromatic heterocycles.